The van der Waals surface area contributed by atoms with Crippen LogP contribution in [0, 0.1) is 6.92 Å². The van der Waals surface area contributed by atoms with E-state index in [1.807, 2.05) is 30.3 Å². The van der Waals surface area contributed by atoms with E-state index in [0.29, 0.717) is 0 Å². The van der Waals surface area contributed by atoms with Gasteiger partial charge in [-0.25, -0.2) is 0 Å². The number of benzene rings is 2. The predicted molar refractivity (Wildman–Crippen MR) is 56.3 cm³/mol. The van der Waals surface area contributed by atoms with Crippen molar-refractivity contribution in [3.63, 3.8) is 0 Å². The van der Waals surface area contributed by atoms with Crippen LogP contribution < -0.4 is 17.0 Å². The topological polar surface area (TPSA) is 0 Å². The molecule has 2 aromatic carbocycles. The second-order valence-electron chi connectivity index (χ2n) is 3.07. The van der Waals surface area contributed by atoms with E-state index in [0.717, 1.165) is 5.56 Å². The van der Waals surface area contributed by atoms with Crippen molar-refractivity contribution in [1.82, 2.24) is 0 Å². The van der Waals surface area contributed by atoms with E-state index < -0.39 is 0 Å². The Labute approximate surface area is 114 Å². The minimum atomic E-state index is 0. The third-order valence-electron chi connectivity index (χ3n) is 2.03. The summed E-state index contributed by atoms with van der Waals surface area (Å²) in [6, 6.07) is 18.6. The number of rotatable bonds is 1. The molecule has 0 spiro atoms. The average Bonchev–Trinajstić information content (AvgIpc) is 2.19. The van der Waals surface area contributed by atoms with Crippen LogP contribution >= 0.6 is 0 Å². The Balaban J connectivity index is 0.000000980. The Morgan fingerprint density at radius 3 is 1.93 bits per heavy atom. The van der Waals surface area contributed by atoms with Crippen LogP contribution in [0.1, 0.15) is 5.56 Å². The molecule has 0 heterocycles. The number of hydrogen-bond donors (Lipinski definition) is 0. The van der Waals surface area contributed by atoms with Gasteiger partial charge < -0.3 is 17.0 Å². The first-order chi connectivity index (χ1) is 6.36. The fraction of sp³-hybridized carbons (Fsp3) is 0. The van der Waals surface area contributed by atoms with Crippen LogP contribution in [0.2, 0.25) is 0 Å². The second kappa shape index (κ2) is 6.82. The Hall–Kier alpha value is -0.587. The molecule has 0 saturated heterocycles. The van der Waals surface area contributed by atoms with Gasteiger partial charge in [-0.3, -0.25) is 0 Å². The van der Waals surface area contributed by atoms with Gasteiger partial charge in [0, 0.05) is 0 Å². The largest absolute Gasteiger partial charge is 2.00 e. The van der Waals surface area contributed by atoms with E-state index in [4.69, 9.17) is 0 Å². The van der Waals surface area contributed by atoms with E-state index >= 15 is 0 Å². The third kappa shape index (κ3) is 3.81. The molecule has 2 heteroatoms. The fourth-order valence-corrected chi connectivity index (χ4v) is 1.38. The molecule has 0 aromatic heterocycles. The molecule has 2 aromatic rings. The van der Waals surface area contributed by atoms with E-state index in [1.54, 1.807) is 0 Å². The van der Waals surface area contributed by atoms with Crippen molar-refractivity contribution < 1.29 is 36.5 Å². The van der Waals surface area contributed by atoms with Crippen LogP contribution in [0.5, 0.6) is 0 Å². The molecule has 0 saturated carbocycles. The number of halogens is 1. The Kier molecular flexibility index (Phi) is 6.55. The molecular weight excluding hydrogens is 301 g/mol. The molecule has 15 heavy (non-hydrogen) atoms. The number of hydrogen-bond acceptors (Lipinski definition) is 0. The summed E-state index contributed by atoms with van der Waals surface area (Å²) in [7, 11) is 0. The van der Waals surface area contributed by atoms with Crippen molar-refractivity contribution in [2.24, 2.45) is 0 Å². The summed E-state index contributed by atoms with van der Waals surface area (Å²) >= 11 is 0. The van der Waals surface area contributed by atoms with Gasteiger partial charge in [-0.05, 0) is 5.56 Å². The van der Waals surface area contributed by atoms with Gasteiger partial charge in [-0.15, -0.1) is 6.07 Å². The van der Waals surface area contributed by atoms with Crippen molar-refractivity contribution in [3.05, 3.63) is 67.1 Å². The van der Waals surface area contributed by atoms with Gasteiger partial charge in [0.2, 0.25) is 0 Å². The maximum Gasteiger partial charge on any atom is 2.00 e. The SMILES string of the molecule is [Br-].[CH2-]c1cccc(-c2ccccc2)c1.[Zn+2]. The zero-order chi connectivity index (χ0) is 9.10. The molecule has 0 aliphatic rings. The minimum absolute atomic E-state index is 0. The van der Waals surface area contributed by atoms with Crippen LogP contribution in [0.25, 0.3) is 11.1 Å². The van der Waals surface area contributed by atoms with Gasteiger partial charge in [0.05, 0.1) is 0 Å². The van der Waals surface area contributed by atoms with Crippen LogP contribution in [0.15, 0.2) is 54.6 Å². The van der Waals surface area contributed by atoms with Crippen molar-refractivity contribution in [2.75, 3.05) is 0 Å². The summed E-state index contributed by atoms with van der Waals surface area (Å²) in [6.07, 6.45) is 0. The molecule has 0 N–H and O–H groups in total. The molecule has 2 rings (SSSR count). The molecule has 0 atom stereocenters. The molecular formula is C13H11BrZn. The van der Waals surface area contributed by atoms with Crippen molar-refractivity contribution in [3.8, 4) is 11.1 Å². The summed E-state index contributed by atoms with van der Waals surface area (Å²) in [4.78, 5) is 0. The van der Waals surface area contributed by atoms with E-state index in [1.165, 1.54) is 11.1 Å². The van der Waals surface area contributed by atoms with Crippen molar-refractivity contribution in [1.29, 1.82) is 0 Å². The summed E-state index contributed by atoms with van der Waals surface area (Å²) in [5, 5.41) is 0. The van der Waals surface area contributed by atoms with Crippen molar-refractivity contribution >= 4 is 0 Å². The van der Waals surface area contributed by atoms with Gasteiger partial charge in [-0.2, -0.15) is 24.6 Å². The standard InChI is InChI=1S/C13H11.BrH.Zn/c1-11-6-5-9-13(10-11)12-7-3-2-4-8-12;;/h2-10H,1H2;1H;/q-1;;+2/p-1. The second-order valence-corrected chi connectivity index (χ2v) is 3.07. The summed E-state index contributed by atoms with van der Waals surface area (Å²) < 4.78 is 0. The van der Waals surface area contributed by atoms with Crippen LogP contribution in [0.3, 0.4) is 0 Å². The summed E-state index contributed by atoms with van der Waals surface area (Å²) in [5.74, 6) is 0. The molecule has 0 bridgehead atoms. The first-order valence-electron chi connectivity index (χ1n) is 4.34. The molecule has 72 valence electrons. The maximum absolute atomic E-state index is 3.91. The summed E-state index contributed by atoms with van der Waals surface area (Å²) in [5.41, 5.74) is 3.53. The van der Waals surface area contributed by atoms with Crippen molar-refractivity contribution in [2.45, 2.75) is 0 Å². The Morgan fingerprint density at radius 1 is 0.733 bits per heavy atom. The Bertz CT molecular complexity index is 398. The van der Waals surface area contributed by atoms with E-state index in [2.05, 4.69) is 31.2 Å². The summed E-state index contributed by atoms with van der Waals surface area (Å²) in [6.45, 7) is 3.91. The monoisotopic (exact) mass is 310 g/mol. The normalized spacial score (nSPS) is 8.53. The quantitative estimate of drug-likeness (QED) is 0.533. The maximum atomic E-state index is 3.91. The van der Waals surface area contributed by atoms with Gasteiger partial charge in [0.1, 0.15) is 0 Å². The van der Waals surface area contributed by atoms with Gasteiger partial charge in [0.25, 0.3) is 0 Å². The Morgan fingerprint density at radius 2 is 1.33 bits per heavy atom. The molecule has 0 unspecified atom stereocenters. The van der Waals surface area contributed by atoms with Gasteiger partial charge in [-0.1, -0.05) is 42.0 Å². The first-order valence-corrected chi connectivity index (χ1v) is 4.34. The molecule has 0 radical (unpaired) electrons. The third-order valence-corrected chi connectivity index (χ3v) is 2.03. The fourth-order valence-electron chi connectivity index (χ4n) is 1.38. The van der Waals surface area contributed by atoms with E-state index in [-0.39, 0.29) is 36.5 Å². The average molecular weight is 313 g/mol. The van der Waals surface area contributed by atoms with Crippen LogP contribution in [-0.4, -0.2) is 0 Å². The molecule has 0 nitrogen and oxygen atoms in total. The van der Waals surface area contributed by atoms with Crippen LogP contribution in [-0.2, 0) is 19.5 Å². The van der Waals surface area contributed by atoms with Gasteiger partial charge >= 0.3 is 19.5 Å². The molecule has 0 aliphatic carbocycles. The smallest absolute Gasteiger partial charge is 1.00 e. The molecule has 0 amide bonds. The minimum Gasteiger partial charge on any atom is -1.00 e. The van der Waals surface area contributed by atoms with Gasteiger partial charge in [0.15, 0.2) is 0 Å². The zero-order valence-corrected chi connectivity index (χ0v) is 13.0. The first kappa shape index (κ1) is 14.4. The predicted octanol–water partition coefficient (Wildman–Crippen LogP) is 0.537. The zero-order valence-electron chi connectivity index (χ0n) is 8.49. The molecule has 0 aliphatic heterocycles. The van der Waals surface area contributed by atoms with Crippen LogP contribution in [0.4, 0.5) is 0 Å². The van der Waals surface area contributed by atoms with E-state index in [9.17, 15) is 0 Å². The molecule has 0 fully saturated rings.